The molecule has 4 rings (SSSR count). The second kappa shape index (κ2) is 15.3. The maximum absolute atomic E-state index is 14.5. The average molecular weight is 669 g/mol. The quantitative estimate of drug-likeness (QED) is 0.179. The van der Waals surface area contributed by atoms with Crippen molar-refractivity contribution < 1.29 is 22.7 Å². The van der Waals surface area contributed by atoms with Gasteiger partial charge in [-0.1, -0.05) is 83.9 Å². The minimum absolute atomic E-state index is 0.0188. The Balaban J connectivity index is 1.84. The van der Waals surface area contributed by atoms with Gasteiger partial charge in [0.25, 0.3) is 10.0 Å². The van der Waals surface area contributed by atoms with Crippen molar-refractivity contribution >= 4 is 50.7 Å². The number of carbonyl (C=O) groups excluding carboxylic acids is 2. The number of rotatable bonds is 13. The lowest BCUT2D eigenvalue weighted by molar-refractivity contribution is -0.140. The molecule has 45 heavy (non-hydrogen) atoms. The van der Waals surface area contributed by atoms with Crippen molar-refractivity contribution in [3.63, 3.8) is 0 Å². The molecule has 0 fully saturated rings. The van der Waals surface area contributed by atoms with Crippen molar-refractivity contribution in [3.8, 4) is 5.75 Å². The number of carbonyl (C=O) groups is 2. The lowest BCUT2D eigenvalue weighted by atomic mass is 10.0. The summed E-state index contributed by atoms with van der Waals surface area (Å²) in [5, 5.41) is 3.71. The number of ether oxygens (including phenoxy) is 1. The number of anilines is 1. The first-order chi connectivity index (χ1) is 21.5. The zero-order chi connectivity index (χ0) is 32.6. The first-order valence-corrected chi connectivity index (χ1v) is 16.5. The van der Waals surface area contributed by atoms with Gasteiger partial charge in [0.2, 0.25) is 11.8 Å². The highest BCUT2D eigenvalue weighted by Crippen LogP contribution is 2.35. The molecule has 4 aromatic carbocycles. The lowest BCUT2D eigenvalue weighted by Crippen LogP contribution is -2.54. The average Bonchev–Trinajstić information content (AvgIpc) is 3.02. The Morgan fingerprint density at radius 2 is 1.42 bits per heavy atom. The van der Waals surface area contributed by atoms with Gasteiger partial charge in [0.05, 0.1) is 17.7 Å². The van der Waals surface area contributed by atoms with E-state index >= 15 is 0 Å². The van der Waals surface area contributed by atoms with Gasteiger partial charge in [0.1, 0.15) is 18.3 Å². The maximum Gasteiger partial charge on any atom is 0.264 e. The molecule has 1 N–H and O–H groups in total. The van der Waals surface area contributed by atoms with E-state index in [0.717, 1.165) is 9.87 Å². The van der Waals surface area contributed by atoms with Crippen molar-refractivity contribution in [1.29, 1.82) is 0 Å². The monoisotopic (exact) mass is 667 g/mol. The maximum atomic E-state index is 14.5. The smallest absolute Gasteiger partial charge is 0.264 e. The number of benzene rings is 4. The molecule has 0 aliphatic carbocycles. The summed E-state index contributed by atoms with van der Waals surface area (Å²) in [4.78, 5) is 29.7. The van der Waals surface area contributed by atoms with E-state index in [4.69, 9.17) is 27.9 Å². The van der Waals surface area contributed by atoms with Gasteiger partial charge < -0.3 is 15.0 Å². The molecule has 236 valence electrons. The van der Waals surface area contributed by atoms with E-state index in [2.05, 4.69) is 5.32 Å². The van der Waals surface area contributed by atoms with E-state index in [1.165, 1.54) is 36.3 Å². The Bertz CT molecular complexity index is 1700. The number of methoxy groups -OCH3 is 1. The summed E-state index contributed by atoms with van der Waals surface area (Å²) in [6, 6.07) is 27.4. The minimum Gasteiger partial charge on any atom is -0.495 e. The molecule has 1 atom stereocenters. The first kappa shape index (κ1) is 33.8. The van der Waals surface area contributed by atoms with E-state index in [-0.39, 0.29) is 46.3 Å². The van der Waals surface area contributed by atoms with Crippen LogP contribution in [0.2, 0.25) is 10.0 Å². The van der Waals surface area contributed by atoms with E-state index in [1.54, 1.807) is 48.5 Å². The highest BCUT2D eigenvalue weighted by Gasteiger charge is 2.35. The molecule has 8 nitrogen and oxygen atoms in total. The van der Waals surface area contributed by atoms with Crippen LogP contribution in [0.15, 0.2) is 108 Å². The molecule has 0 spiro atoms. The molecular weight excluding hydrogens is 633 g/mol. The summed E-state index contributed by atoms with van der Waals surface area (Å²) < 4.78 is 34.8. The van der Waals surface area contributed by atoms with E-state index in [1.807, 2.05) is 44.2 Å². The third-order valence-electron chi connectivity index (χ3n) is 6.99. The molecule has 2 amide bonds. The van der Waals surface area contributed by atoms with Gasteiger partial charge in [-0.25, -0.2) is 8.42 Å². The Labute approximate surface area is 274 Å². The summed E-state index contributed by atoms with van der Waals surface area (Å²) in [6.07, 6.45) is 0.199. The fraction of sp³-hybridized carbons (Fsp3) is 0.235. The van der Waals surface area contributed by atoms with E-state index < -0.39 is 28.5 Å². The number of sulfonamides is 1. The summed E-state index contributed by atoms with van der Waals surface area (Å²) in [6.45, 7) is 3.05. The molecule has 0 aromatic heterocycles. The van der Waals surface area contributed by atoms with Crippen molar-refractivity contribution in [2.24, 2.45) is 0 Å². The number of hydrogen-bond acceptors (Lipinski definition) is 5. The van der Waals surface area contributed by atoms with Crippen LogP contribution < -0.4 is 14.4 Å². The van der Waals surface area contributed by atoms with Crippen LogP contribution in [0.4, 0.5) is 5.69 Å². The molecule has 0 unspecified atom stereocenters. The molecule has 11 heteroatoms. The van der Waals surface area contributed by atoms with Crippen LogP contribution in [0.3, 0.4) is 0 Å². The van der Waals surface area contributed by atoms with Crippen LogP contribution in [0, 0.1) is 0 Å². The Morgan fingerprint density at radius 1 is 0.822 bits per heavy atom. The molecular formula is C34H35Cl2N3O5S. The van der Waals surface area contributed by atoms with Gasteiger partial charge in [-0.3, -0.25) is 13.9 Å². The van der Waals surface area contributed by atoms with E-state index in [0.29, 0.717) is 10.6 Å². The number of nitrogens with zero attached hydrogens (tertiary/aromatic N) is 2. The number of halogens is 2. The Morgan fingerprint density at radius 3 is 2.02 bits per heavy atom. The summed E-state index contributed by atoms with van der Waals surface area (Å²) in [5.74, 6) is -0.769. The van der Waals surface area contributed by atoms with Crippen LogP contribution >= 0.6 is 23.2 Å². The third-order valence-corrected chi connectivity index (χ3v) is 9.25. The summed E-state index contributed by atoms with van der Waals surface area (Å²) in [5.41, 5.74) is 1.63. The first-order valence-electron chi connectivity index (χ1n) is 14.3. The van der Waals surface area contributed by atoms with Crippen LogP contribution in [-0.2, 0) is 32.6 Å². The Hall–Kier alpha value is -4.05. The SMILES string of the molecule is COc1ccc(Cl)cc1N(CC(=O)N(Cc1ccc(Cl)cc1)[C@H](Cc1ccccc1)C(=O)NC(C)C)S(=O)(=O)c1ccccc1. The fourth-order valence-corrected chi connectivity index (χ4v) is 6.54. The zero-order valence-electron chi connectivity index (χ0n) is 25.2. The van der Waals surface area contributed by atoms with E-state index in [9.17, 15) is 18.0 Å². The van der Waals surface area contributed by atoms with Crippen molar-refractivity contribution in [3.05, 3.63) is 124 Å². The highest BCUT2D eigenvalue weighted by atomic mass is 35.5. The van der Waals surface area contributed by atoms with Gasteiger partial charge in [-0.15, -0.1) is 0 Å². The second-order valence-electron chi connectivity index (χ2n) is 10.7. The van der Waals surface area contributed by atoms with Gasteiger partial charge in [0, 0.05) is 29.1 Å². The highest BCUT2D eigenvalue weighted by molar-refractivity contribution is 7.92. The topological polar surface area (TPSA) is 96.0 Å². The molecule has 0 aliphatic heterocycles. The van der Waals surface area contributed by atoms with Gasteiger partial charge in [0.15, 0.2) is 0 Å². The molecule has 0 heterocycles. The van der Waals surface area contributed by atoms with Crippen molar-refractivity contribution in [1.82, 2.24) is 10.2 Å². The second-order valence-corrected chi connectivity index (χ2v) is 13.4. The van der Waals surface area contributed by atoms with Gasteiger partial charge in [-0.05, 0) is 67.4 Å². The lowest BCUT2D eigenvalue weighted by Gasteiger charge is -2.34. The van der Waals surface area contributed by atoms with Crippen LogP contribution in [0.5, 0.6) is 5.75 Å². The zero-order valence-corrected chi connectivity index (χ0v) is 27.5. The van der Waals surface area contributed by atoms with Crippen LogP contribution in [0.25, 0.3) is 0 Å². The molecule has 0 radical (unpaired) electrons. The molecule has 0 saturated carbocycles. The molecule has 4 aromatic rings. The summed E-state index contributed by atoms with van der Waals surface area (Å²) in [7, 11) is -2.90. The van der Waals surface area contributed by atoms with Gasteiger partial charge in [-0.2, -0.15) is 0 Å². The standard InChI is InChI=1S/C34H35Cl2N3O5S/c1-24(2)37-34(41)31(20-25-10-6-4-7-11-25)38(22-26-14-16-27(35)17-15-26)33(40)23-39(30-21-28(36)18-19-32(30)44-3)45(42,43)29-12-8-5-9-13-29/h4-19,21,24,31H,20,22-23H2,1-3H3,(H,37,41)/t31-/m1/s1. The van der Waals surface area contributed by atoms with Gasteiger partial charge >= 0.3 is 0 Å². The normalized spacial score (nSPS) is 12.0. The molecule has 0 saturated heterocycles. The summed E-state index contributed by atoms with van der Waals surface area (Å²) >= 11 is 12.5. The van der Waals surface area contributed by atoms with Crippen molar-refractivity contribution in [2.45, 2.75) is 43.8 Å². The molecule has 0 aliphatic rings. The minimum atomic E-state index is -4.31. The van der Waals surface area contributed by atoms with Crippen LogP contribution in [0.1, 0.15) is 25.0 Å². The fourth-order valence-electron chi connectivity index (χ4n) is 4.81. The predicted octanol–water partition coefficient (Wildman–Crippen LogP) is 6.36. The Kier molecular flexibility index (Phi) is 11.5. The van der Waals surface area contributed by atoms with Crippen molar-refractivity contribution in [2.75, 3.05) is 18.0 Å². The largest absolute Gasteiger partial charge is 0.495 e. The number of amides is 2. The number of hydrogen-bond donors (Lipinski definition) is 1. The third kappa shape index (κ3) is 8.78. The molecule has 0 bridgehead atoms. The number of nitrogens with one attached hydrogen (secondary N) is 1. The van der Waals surface area contributed by atoms with Crippen LogP contribution in [-0.4, -0.2) is 50.9 Å². The predicted molar refractivity (Wildman–Crippen MR) is 178 cm³/mol.